The molecule has 2 aromatic heterocycles. The molecule has 1 aromatic carbocycles. The van der Waals surface area contributed by atoms with E-state index >= 15 is 0 Å². The number of nitrogens with one attached hydrogen (secondary N) is 2. The number of nitrogens with zero attached hydrogens (tertiary/aromatic N) is 4. The molecule has 0 atom stereocenters. The highest BCUT2D eigenvalue weighted by Gasteiger charge is 2.26. The SMILES string of the molecule is CNC(=O)c1c(NC(=O)c2ccc(OCc3nnnn3C(C)C)cc2)sc2c1CCCC2. The number of tetrazole rings is 1. The highest BCUT2D eigenvalue weighted by atomic mass is 32.1. The molecule has 3 aromatic rings. The first-order valence-electron chi connectivity index (χ1n) is 10.7. The van der Waals surface area contributed by atoms with E-state index in [1.807, 2.05) is 13.8 Å². The molecule has 0 radical (unpaired) electrons. The predicted octanol–water partition coefficient (Wildman–Crippen LogP) is 3.39. The molecule has 0 spiro atoms. The van der Waals surface area contributed by atoms with Crippen molar-refractivity contribution in [1.82, 2.24) is 25.5 Å². The maximum absolute atomic E-state index is 12.9. The Morgan fingerprint density at radius 3 is 2.62 bits per heavy atom. The van der Waals surface area contributed by atoms with Crippen LogP contribution in [0.2, 0.25) is 0 Å². The van der Waals surface area contributed by atoms with Gasteiger partial charge in [0.25, 0.3) is 11.8 Å². The third-order valence-corrected chi connectivity index (χ3v) is 6.59. The average Bonchev–Trinajstić information content (AvgIpc) is 3.42. The number of ether oxygens (including phenoxy) is 1. The first-order chi connectivity index (χ1) is 15.5. The van der Waals surface area contributed by atoms with Crippen molar-refractivity contribution in [3.05, 3.63) is 51.7 Å². The molecule has 0 aliphatic heterocycles. The van der Waals surface area contributed by atoms with E-state index in [4.69, 9.17) is 4.74 Å². The zero-order valence-electron chi connectivity index (χ0n) is 18.3. The van der Waals surface area contributed by atoms with Crippen molar-refractivity contribution in [2.75, 3.05) is 12.4 Å². The highest BCUT2D eigenvalue weighted by Crippen LogP contribution is 2.38. The maximum atomic E-state index is 12.9. The summed E-state index contributed by atoms with van der Waals surface area (Å²) in [6.07, 6.45) is 3.99. The van der Waals surface area contributed by atoms with Crippen molar-refractivity contribution in [3.63, 3.8) is 0 Å². The summed E-state index contributed by atoms with van der Waals surface area (Å²) in [7, 11) is 1.61. The van der Waals surface area contributed by atoms with Gasteiger partial charge in [-0.1, -0.05) is 0 Å². The van der Waals surface area contributed by atoms with Gasteiger partial charge in [0.05, 0.1) is 11.6 Å². The van der Waals surface area contributed by atoms with Crippen LogP contribution in [0.4, 0.5) is 5.00 Å². The molecule has 0 saturated heterocycles. The maximum Gasteiger partial charge on any atom is 0.256 e. The Balaban J connectivity index is 1.45. The van der Waals surface area contributed by atoms with Crippen molar-refractivity contribution in [2.45, 2.75) is 52.2 Å². The monoisotopic (exact) mass is 454 g/mol. The Hall–Kier alpha value is -3.27. The fraction of sp³-hybridized carbons (Fsp3) is 0.409. The molecule has 32 heavy (non-hydrogen) atoms. The van der Waals surface area contributed by atoms with Gasteiger partial charge in [0.15, 0.2) is 5.82 Å². The van der Waals surface area contributed by atoms with Crippen molar-refractivity contribution in [1.29, 1.82) is 0 Å². The Kier molecular flexibility index (Phi) is 6.50. The molecule has 0 bridgehead atoms. The predicted molar refractivity (Wildman–Crippen MR) is 121 cm³/mol. The lowest BCUT2D eigenvalue weighted by atomic mass is 9.95. The van der Waals surface area contributed by atoms with E-state index in [0.717, 1.165) is 31.2 Å². The quantitative estimate of drug-likeness (QED) is 0.566. The lowest BCUT2D eigenvalue weighted by Gasteiger charge is -2.12. The van der Waals surface area contributed by atoms with Gasteiger partial charge in [-0.05, 0) is 79.8 Å². The molecule has 2 heterocycles. The molecule has 10 heteroatoms. The molecule has 4 rings (SSSR count). The highest BCUT2D eigenvalue weighted by molar-refractivity contribution is 7.17. The molecule has 2 amide bonds. The summed E-state index contributed by atoms with van der Waals surface area (Å²) < 4.78 is 7.47. The van der Waals surface area contributed by atoms with Crippen molar-refractivity contribution in [2.24, 2.45) is 0 Å². The number of aryl methyl sites for hydroxylation is 1. The summed E-state index contributed by atoms with van der Waals surface area (Å²) in [4.78, 5) is 26.5. The topological polar surface area (TPSA) is 111 Å². The molecule has 2 N–H and O–H groups in total. The fourth-order valence-corrected chi connectivity index (χ4v) is 5.04. The van der Waals surface area contributed by atoms with Crippen molar-refractivity contribution < 1.29 is 14.3 Å². The molecule has 1 aliphatic rings. The summed E-state index contributed by atoms with van der Waals surface area (Å²) in [5.74, 6) is 0.818. The molecule has 1 aliphatic carbocycles. The first-order valence-corrected chi connectivity index (χ1v) is 11.5. The number of hydrogen-bond acceptors (Lipinski definition) is 7. The summed E-state index contributed by atoms with van der Waals surface area (Å²) in [6.45, 7) is 4.21. The molecule has 0 saturated carbocycles. The Labute approximate surface area is 190 Å². The number of carbonyl (C=O) groups excluding carboxylic acids is 2. The van der Waals surface area contributed by atoms with Gasteiger partial charge in [-0.2, -0.15) is 0 Å². The zero-order valence-corrected chi connectivity index (χ0v) is 19.2. The van der Waals surface area contributed by atoms with Gasteiger partial charge < -0.3 is 15.4 Å². The first kappa shape index (κ1) is 21.9. The van der Waals surface area contributed by atoms with Gasteiger partial charge in [0.1, 0.15) is 17.4 Å². The third kappa shape index (κ3) is 4.50. The van der Waals surface area contributed by atoms with Crippen LogP contribution in [0.5, 0.6) is 5.75 Å². The standard InChI is InChI=1S/C22H26N6O3S/c1-13(2)28-18(25-26-27-28)12-31-15-10-8-14(9-11-15)20(29)24-22-19(21(30)23-3)16-6-4-5-7-17(16)32-22/h8-11,13H,4-7,12H2,1-3H3,(H,23,30)(H,24,29). The van der Waals surface area contributed by atoms with Gasteiger partial charge in [0, 0.05) is 17.5 Å². The third-order valence-electron chi connectivity index (χ3n) is 5.39. The number of amides is 2. The smallest absolute Gasteiger partial charge is 0.256 e. The minimum atomic E-state index is -0.260. The fourth-order valence-electron chi connectivity index (χ4n) is 3.75. The summed E-state index contributed by atoms with van der Waals surface area (Å²) in [6, 6.07) is 7.00. The second kappa shape index (κ2) is 9.47. The molecular formula is C22H26N6O3S. The number of fused-ring (bicyclic) bond motifs is 1. The Morgan fingerprint density at radius 2 is 1.91 bits per heavy atom. The molecule has 168 valence electrons. The van der Waals surface area contributed by atoms with E-state index in [1.54, 1.807) is 36.0 Å². The lowest BCUT2D eigenvalue weighted by molar-refractivity contribution is 0.0963. The van der Waals surface area contributed by atoms with E-state index in [-0.39, 0.29) is 24.5 Å². The van der Waals surface area contributed by atoms with Crippen molar-refractivity contribution in [3.8, 4) is 5.75 Å². The minimum absolute atomic E-state index is 0.136. The van der Waals surface area contributed by atoms with E-state index in [2.05, 4.69) is 26.2 Å². The average molecular weight is 455 g/mol. The van der Waals surface area contributed by atoms with Crippen LogP contribution in [0, 0.1) is 0 Å². The number of rotatable bonds is 7. The van der Waals surface area contributed by atoms with Crippen LogP contribution < -0.4 is 15.4 Å². The van der Waals surface area contributed by atoms with E-state index in [9.17, 15) is 9.59 Å². The van der Waals surface area contributed by atoms with E-state index < -0.39 is 0 Å². The molecule has 9 nitrogen and oxygen atoms in total. The van der Waals surface area contributed by atoms with Gasteiger partial charge in [0.2, 0.25) is 0 Å². The number of aromatic nitrogens is 4. The number of benzene rings is 1. The van der Waals surface area contributed by atoms with Crippen molar-refractivity contribution >= 4 is 28.2 Å². The Bertz CT molecular complexity index is 1120. The molecule has 0 fully saturated rings. The summed E-state index contributed by atoms with van der Waals surface area (Å²) in [5, 5.41) is 17.9. The lowest BCUT2D eigenvalue weighted by Crippen LogP contribution is -2.22. The van der Waals surface area contributed by atoms with Gasteiger partial charge in [-0.3, -0.25) is 9.59 Å². The second-order valence-electron chi connectivity index (χ2n) is 7.89. The van der Waals surface area contributed by atoms with E-state index in [1.165, 1.54) is 16.2 Å². The Morgan fingerprint density at radius 1 is 1.16 bits per heavy atom. The van der Waals surface area contributed by atoms with Crippen LogP contribution in [-0.2, 0) is 19.4 Å². The number of anilines is 1. The molecular weight excluding hydrogens is 428 g/mol. The summed E-state index contributed by atoms with van der Waals surface area (Å²) >= 11 is 1.50. The largest absolute Gasteiger partial charge is 0.486 e. The number of thiophene rings is 1. The van der Waals surface area contributed by atoms with Gasteiger partial charge >= 0.3 is 0 Å². The van der Waals surface area contributed by atoms with Crippen LogP contribution >= 0.6 is 11.3 Å². The minimum Gasteiger partial charge on any atom is -0.486 e. The van der Waals surface area contributed by atoms with Crippen LogP contribution in [0.1, 0.15) is 69.7 Å². The van der Waals surface area contributed by atoms with Crippen LogP contribution in [-0.4, -0.2) is 39.1 Å². The normalized spacial score (nSPS) is 13.0. The van der Waals surface area contributed by atoms with Crippen LogP contribution in [0.15, 0.2) is 24.3 Å². The van der Waals surface area contributed by atoms with Gasteiger partial charge in [-0.15, -0.1) is 16.4 Å². The molecule has 0 unspecified atom stereocenters. The second-order valence-corrected chi connectivity index (χ2v) is 9.00. The summed E-state index contributed by atoms with van der Waals surface area (Å²) in [5.41, 5.74) is 2.16. The zero-order chi connectivity index (χ0) is 22.7. The number of carbonyl (C=O) groups is 2. The van der Waals surface area contributed by atoms with E-state index in [0.29, 0.717) is 27.7 Å². The number of hydrogen-bond donors (Lipinski definition) is 2. The van der Waals surface area contributed by atoms with Gasteiger partial charge in [-0.25, -0.2) is 4.68 Å². The van der Waals surface area contributed by atoms with Crippen LogP contribution in [0.3, 0.4) is 0 Å². The van der Waals surface area contributed by atoms with Crippen LogP contribution in [0.25, 0.3) is 0 Å².